The summed E-state index contributed by atoms with van der Waals surface area (Å²) in [5.41, 5.74) is 0. The number of nitrogens with one attached hydrogen (secondary N) is 1. The van der Waals surface area contributed by atoms with Gasteiger partial charge in [0.2, 0.25) is 0 Å². The molecule has 0 saturated heterocycles. The quantitative estimate of drug-likeness (QED) is 0.417. The van der Waals surface area contributed by atoms with Gasteiger partial charge in [0.1, 0.15) is 0 Å². The van der Waals surface area contributed by atoms with Gasteiger partial charge in [-0.1, -0.05) is 41.5 Å². The van der Waals surface area contributed by atoms with Gasteiger partial charge in [0.15, 0.2) is 16.6 Å². The first kappa shape index (κ1) is 23.3. The van der Waals surface area contributed by atoms with E-state index in [0.717, 1.165) is 39.1 Å². The number of hydrogen-bond donors (Lipinski definition) is 1. The molecule has 0 unspecified atom stereocenters. The van der Waals surface area contributed by atoms with Gasteiger partial charge in [0, 0.05) is 13.2 Å². The number of rotatable bonds is 10. The maximum Gasteiger partial charge on any atom is 0.191 e. The van der Waals surface area contributed by atoms with Crippen molar-refractivity contribution in [1.82, 2.24) is 5.32 Å². The van der Waals surface area contributed by atoms with E-state index in [4.69, 9.17) is 8.85 Å². The molecule has 5 heteroatoms. The van der Waals surface area contributed by atoms with E-state index in [1.807, 2.05) is 0 Å². The van der Waals surface area contributed by atoms with E-state index in [-0.39, 0.29) is 0 Å². The molecule has 3 nitrogen and oxygen atoms in total. The predicted octanol–water partition coefficient (Wildman–Crippen LogP) is 5.40. The summed E-state index contributed by atoms with van der Waals surface area (Å²) in [6.07, 6.45) is 2.19. The Balaban J connectivity index is 3.66. The molecule has 23 heavy (non-hydrogen) atoms. The van der Waals surface area contributed by atoms with Crippen molar-refractivity contribution in [2.45, 2.75) is 90.6 Å². The topological polar surface area (TPSA) is 30.5 Å². The van der Waals surface area contributed by atoms with E-state index in [2.05, 4.69) is 73.0 Å². The van der Waals surface area contributed by atoms with Gasteiger partial charge in [-0.05, 0) is 62.2 Å². The lowest BCUT2D eigenvalue weighted by Gasteiger charge is -2.36. The second-order valence-corrected chi connectivity index (χ2v) is 19.3. The fourth-order valence-corrected chi connectivity index (χ4v) is 3.78. The first-order chi connectivity index (χ1) is 10.2. The molecule has 0 atom stereocenters. The molecule has 0 spiro atoms. The zero-order valence-electron chi connectivity index (χ0n) is 17.6. The molecule has 0 amide bonds. The van der Waals surface area contributed by atoms with Crippen LogP contribution in [0.25, 0.3) is 0 Å². The van der Waals surface area contributed by atoms with Crippen LogP contribution in [0.3, 0.4) is 0 Å². The van der Waals surface area contributed by atoms with Crippen molar-refractivity contribution in [2.24, 2.45) is 0 Å². The minimum Gasteiger partial charge on any atom is -0.417 e. The summed E-state index contributed by atoms with van der Waals surface area (Å²) in [6, 6.07) is 0. The standard InChI is InChI=1S/C18H43NO2Si2/c1-17(2,3)22(7,8)20-15-11-13-19-14-12-16-21-23(9,10)18(4,5)6/h19H,11-16H2,1-10H3. The lowest BCUT2D eigenvalue weighted by molar-refractivity contribution is 0.272. The van der Waals surface area contributed by atoms with Crippen molar-refractivity contribution in [3.8, 4) is 0 Å². The molecule has 0 fully saturated rings. The van der Waals surface area contributed by atoms with Crippen LogP contribution in [0.15, 0.2) is 0 Å². The highest BCUT2D eigenvalue weighted by Gasteiger charge is 2.37. The summed E-state index contributed by atoms with van der Waals surface area (Å²) in [7, 11) is -3.14. The van der Waals surface area contributed by atoms with E-state index in [1.54, 1.807) is 0 Å². The second-order valence-electron chi connectivity index (χ2n) is 9.67. The first-order valence-corrected chi connectivity index (χ1v) is 15.0. The zero-order chi connectivity index (χ0) is 18.4. The molecule has 0 aromatic heterocycles. The molecular formula is C18H43NO2Si2. The monoisotopic (exact) mass is 361 g/mol. The van der Waals surface area contributed by atoms with Crippen LogP contribution in [0, 0.1) is 0 Å². The maximum absolute atomic E-state index is 6.18. The minimum absolute atomic E-state index is 0.307. The number of hydrogen-bond acceptors (Lipinski definition) is 3. The van der Waals surface area contributed by atoms with Crippen molar-refractivity contribution in [2.75, 3.05) is 26.3 Å². The normalized spacial score (nSPS) is 14.3. The van der Waals surface area contributed by atoms with E-state index < -0.39 is 16.6 Å². The molecule has 0 radical (unpaired) electrons. The van der Waals surface area contributed by atoms with Crippen LogP contribution in [-0.4, -0.2) is 42.9 Å². The summed E-state index contributed by atoms with van der Waals surface area (Å²) >= 11 is 0. The fraction of sp³-hybridized carbons (Fsp3) is 1.00. The van der Waals surface area contributed by atoms with Crippen molar-refractivity contribution >= 4 is 16.6 Å². The van der Waals surface area contributed by atoms with Gasteiger partial charge in [-0.15, -0.1) is 0 Å². The predicted molar refractivity (Wildman–Crippen MR) is 108 cm³/mol. The Hall–Kier alpha value is 0.314. The Morgan fingerprint density at radius 3 is 1.22 bits per heavy atom. The Morgan fingerprint density at radius 1 is 0.652 bits per heavy atom. The van der Waals surface area contributed by atoms with Crippen LogP contribution < -0.4 is 5.32 Å². The van der Waals surface area contributed by atoms with Gasteiger partial charge in [0.05, 0.1) is 0 Å². The highest BCUT2D eigenvalue weighted by Crippen LogP contribution is 2.37. The maximum atomic E-state index is 6.18. The Bertz CT molecular complexity index is 299. The second kappa shape index (κ2) is 9.13. The van der Waals surface area contributed by atoms with E-state index in [9.17, 15) is 0 Å². The Kier molecular flexibility index (Phi) is 9.26. The van der Waals surface area contributed by atoms with Crippen molar-refractivity contribution in [3.05, 3.63) is 0 Å². The molecule has 140 valence electrons. The van der Waals surface area contributed by atoms with Crippen LogP contribution in [0.5, 0.6) is 0 Å². The summed E-state index contributed by atoms with van der Waals surface area (Å²) in [5, 5.41) is 4.12. The van der Waals surface area contributed by atoms with Crippen molar-refractivity contribution in [1.29, 1.82) is 0 Å². The third-order valence-corrected chi connectivity index (χ3v) is 14.6. The van der Waals surface area contributed by atoms with Gasteiger partial charge >= 0.3 is 0 Å². The molecule has 0 saturated carbocycles. The molecule has 0 aromatic carbocycles. The molecular weight excluding hydrogens is 318 g/mol. The van der Waals surface area contributed by atoms with Crippen LogP contribution in [-0.2, 0) is 8.85 Å². The molecule has 0 aliphatic carbocycles. The lowest BCUT2D eigenvalue weighted by Crippen LogP contribution is -2.41. The third-order valence-electron chi connectivity index (χ3n) is 5.53. The molecule has 0 heterocycles. The average molecular weight is 362 g/mol. The Morgan fingerprint density at radius 2 is 0.957 bits per heavy atom. The summed E-state index contributed by atoms with van der Waals surface area (Å²) in [6.45, 7) is 26.9. The molecule has 0 aliphatic rings. The SMILES string of the molecule is CC(C)(C)[Si](C)(C)OCCCNCCCO[Si](C)(C)C(C)(C)C. The smallest absolute Gasteiger partial charge is 0.191 e. The van der Waals surface area contributed by atoms with Gasteiger partial charge in [0.25, 0.3) is 0 Å². The third kappa shape index (κ3) is 8.82. The fourth-order valence-electron chi connectivity index (χ4n) is 1.61. The highest BCUT2D eigenvalue weighted by molar-refractivity contribution is 6.74. The average Bonchev–Trinajstić information content (AvgIpc) is 2.33. The Labute approximate surface area is 148 Å². The summed E-state index contributed by atoms with van der Waals surface area (Å²) < 4.78 is 12.4. The van der Waals surface area contributed by atoms with Crippen LogP contribution in [0.4, 0.5) is 0 Å². The highest BCUT2D eigenvalue weighted by atomic mass is 28.4. The van der Waals surface area contributed by atoms with Crippen LogP contribution in [0.2, 0.25) is 36.3 Å². The molecule has 0 rings (SSSR count). The van der Waals surface area contributed by atoms with Crippen LogP contribution >= 0.6 is 0 Å². The molecule has 0 bridgehead atoms. The summed E-state index contributed by atoms with van der Waals surface area (Å²) in [4.78, 5) is 0. The van der Waals surface area contributed by atoms with E-state index >= 15 is 0 Å². The molecule has 0 aromatic rings. The van der Waals surface area contributed by atoms with Gasteiger partial charge < -0.3 is 14.2 Å². The lowest BCUT2D eigenvalue weighted by atomic mass is 10.2. The van der Waals surface area contributed by atoms with Crippen LogP contribution in [0.1, 0.15) is 54.4 Å². The first-order valence-electron chi connectivity index (χ1n) is 9.19. The van der Waals surface area contributed by atoms with E-state index in [1.165, 1.54) is 0 Å². The zero-order valence-corrected chi connectivity index (χ0v) is 19.6. The largest absolute Gasteiger partial charge is 0.417 e. The molecule has 0 aliphatic heterocycles. The van der Waals surface area contributed by atoms with Crippen molar-refractivity contribution < 1.29 is 8.85 Å². The van der Waals surface area contributed by atoms with E-state index in [0.29, 0.717) is 10.1 Å². The van der Waals surface area contributed by atoms with Gasteiger partial charge in [-0.25, -0.2) is 0 Å². The van der Waals surface area contributed by atoms with Crippen molar-refractivity contribution in [3.63, 3.8) is 0 Å². The van der Waals surface area contributed by atoms with Gasteiger partial charge in [-0.2, -0.15) is 0 Å². The molecule has 1 N–H and O–H groups in total. The summed E-state index contributed by atoms with van der Waals surface area (Å²) in [5.74, 6) is 0. The minimum atomic E-state index is -1.57. The van der Waals surface area contributed by atoms with Gasteiger partial charge in [-0.3, -0.25) is 0 Å².